The van der Waals surface area contributed by atoms with Crippen LogP contribution in [0.25, 0.3) is 0 Å². The Morgan fingerprint density at radius 2 is 2.17 bits per heavy atom. The molecule has 1 amide bonds. The van der Waals surface area contributed by atoms with Crippen molar-refractivity contribution < 1.29 is 9.63 Å². The van der Waals surface area contributed by atoms with E-state index in [1.54, 1.807) is 6.07 Å². The van der Waals surface area contributed by atoms with Crippen LogP contribution in [0.3, 0.4) is 0 Å². The molecule has 0 bridgehead atoms. The van der Waals surface area contributed by atoms with Crippen LogP contribution in [-0.2, 0) is 4.84 Å². The molecule has 1 aliphatic heterocycles. The van der Waals surface area contributed by atoms with Gasteiger partial charge in [0.05, 0.1) is 18.5 Å². The lowest BCUT2D eigenvalue weighted by molar-refractivity contribution is 0.0532. The minimum atomic E-state index is -0.326. The number of hydrogen-bond donors (Lipinski definition) is 2. The molecule has 0 radical (unpaired) electrons. The first-order valence-corrected chi connectivity index (χ1v) is 5.99. The molecular weight excluding hydrogens is 232 g/mol. The summed E-state index contributed by atoms with van der Waals surface area (Å²) in [5, 5.41) is 3.31. The van der Waals surface area contributed by atoms with Gasteiger partial charge in [0.15, 0.2) is 0 Å². The Labute approximate surface area is 106 Å². The SMILES string of the molecule is CONC(=O)c1ccc(N2CCNCC2)c(C)n1. The summed E-state index contributed by atoms with van der Waals surface area (Å²) in [5.41, 5.74) is 4.58. The second-order valence-corrected chi connectivity index (χ2v) is 4.17. The molecule has 1 aromatic heterocycles. The third-order valence-electron chi connectivity index (χ3n) is 2.94. The molecule has 0 aromatic carbocycles. The minimum Gasteiger partial charge on any atom is -0.368 e. The minimum absolute atomic E-state index is 0.326. The maximum Gasteiger partial charge on any atom is 0.293 e. The molecule has 0 spiro atoms. The van der Waals surface area contributed by atoms with Crippen molar-refractivity contribution in [3.05, 3.63) is 23.5 Å². The zero-order valence-electron chi connectivity index (χ0n) is 10.7. The summed E-state index contributed by atoms with van der Waals surface area (Å²) >= 11 is 0. The molecule has 2 N–H and O–H groups in total. The molecule has 1 aliphatic rings. The second kappa shape index (κ2) is 5.79. The number of hydroxylamine groups is 1. The number of anilines is 1. The first-order valence-electron chi connectivity index (χ1n) is 5.99. The van der Waals surface area contributed by atoms with Gasteiger partial charge in [-0.25, -0.2) is 10.5 Å². The second-order valence-electron chi connectivity index (χ2n) is 4.17. The maximum absolute atomic E-state index is 11.6. The van der Waals surface area contributed by atoms with E-state index < -0.39 is 0 Å². The van der Waals surface area contributed by atoms with Gasteiger partial charge in [-0.05, 0) is 19.1 Å². The van der Waals surface area contributed by atoms with E-state index in [1.165, 1.54) is 7.11 Å². The number of aryl methyl sites for hydroxylation is 1. The van der Waals surface area contributed by atoms with Crippen LogP contribution < -0.4 is 15.7 Å². The van der Waals surface area contributed by atoms with Crippen molar-refractivity contribution >= 4 is 11.6 Å². The van der Waals surface area contributed by atoms with Crippen LogP contribution in [0.1, 0.15) is 16.2 Å². The van der Waals surface area contributed by atoms with Crippen molar-refractivity contribution in [2.75, 3.05) is 38.2 Å². The molecule has 0 unspecified atom stereocenters. The average molecular weight is 250 g/mol. The Balaban J connectivity index is 2.16. The third kappa shape index (κ3) is 2.77. The van der Waals surface area contributed by atoms with E-state index in [-0.39, 0.29) is 5.91 Å². The van der Waals surface area contributed by atoms with Crippen LogP contribution >= 0.6 is 0 Å². The molecule has 1 aromatic rings. The molecule has 1 saturated heterocycles. The summed E-state index contributed by atoms with van der Waals surface area (Å²) in [5.74, 6) is -0.326. The van der Waals surface area contributed by atoms with Crippen molar-refractivity contribution in [3.63, 3.8) is 0 Å². The number of carbonyl (C=O) groups is 1. The summed E-state index contributed by atoms with van der Waals surface area (Å²) in [6.07, 6.45) is 0. The maximum atomic E-state index is 11.6. The lowest BCUT2D eigenvalue weighted by Crippen LogP contribution is -2.43. The van der Waals surface area contributed by atoms with Gasteiger partial charge in [-0.3, -0.25) is 9.63 Å². The van der Waals surface area contributed by atoms with Crippen LogP contribution in [0.4, 0.5) is 5.69 Å². The molecular formula is C12H18N4O2. The Kier molecular flexibility index (Phi) is 4.11. The van der Waals surface area contributed by atoms with E-state index in [1.807, 2.05) is 13.0 Å². The van der Waals surface area contributed by atoms with Gasteiger partial charge in [-0.1, -0.05) is 0 Å². The van der Waals surface area contributed by atoms with Gasteiger partial charge < -0.3 is 10.2 Å². The van der Waals surface area contributed by atoms with Crippen molar-refractivity contribution in [2.24, 2.45) is 0 Å². The van der Waals surface area contributed by atoms with E-state index in [0.717, 1.165) is 37.6 Å². The Bertz CT molecular complexity index is 430. The quantitative estimate of drug-likeness (QED) is 0.744. The van der Waals surface area contributed by atoms with E-state index in [2.05, 4.69) is 25.5 Å². The molecule has 18 heavy (non-hydrogen) atoms. The molecule has 0 saturated carbocycles. The van der Waals surface area contributed by atoms with Crippen molar-refractivity contribution in [3.8, 4) is 0 Å². The number of nitrogens with one attached hydrogen (secondary N) is 2. The highest BCUT2D eigenvalue weighted by atomic mass is 16.6. The number of piperazine rings is 1. The first-order chi connectivity index (χ1) is 8.72. The first kappa shape index (κ1) is 12.8. The largest absolute Gasteiger partial charge is 0.368 e. The Morgan fingerprint density at radius 1 is 1.44 bits per heavy atom. The van der Waals surface area contributed by atoms with Crippen LogP contribution in [-0.4, -0.2) is 44.2 Å². The average Bonchev–Trinajstić information content (AvgIpc) is 2.40. The van der Waals surface area contributed by atoms with Gasteiger partial charge in [0, 0.05) is 26.2 Å². The van der Waals surface area contributed by atoms with Crippen LogP contribution in [0.5, 0.6) is 0 Å². The van der Waals surface area contributed by atoms with E-state index in [4.69, 9.17) is 0 Å². The molecule has 0 aliphatic carbocycles. The lowest BCUT2D eigenvalue weighted by Gasteiger charge is -2.30. The van der Waals surface area contributed by atoms with Gasteiger partial charge in [0.2, 0.25) is 0 Å². The molecule has 0 atom stereocenters. The van der Waals surface area contributed by atoms with Crippen LogP contribution in [0, 0.1) is 6.92 Å². The van der Waals surface area contributed by atoms with Gasteiger partial charge in [-0.15, -0.1) is 0 Å². The van der Waals surface area contributed by atoms with Crippen molar-refractivity contribution in [1.29, 1.82) is 0 Å². The summed E-state index contributed by atoms with van der Waals surface area (Å²) in [4.78, 5) is 22.7. The fraction of sp³-hybridized carbons (Fsp3) is 0.500. The topological polar surface area (TPSA) is 66.5 Å². The lowest BCUT2D eigenvalue weighted by atomic mass is 10.2. The molecule has 6 heteroatoms. The van der Waals surface area contributed by atoms with Crippen molar-refractivity contribution in [1.82, 2.24) is 15.8 Å². The summed E-state index contributed by atoms with van der Waals surface area (Å²) < 4.78 is 0. The van der Waals surface area contributed by atoms with E-state index in [0.29, 0.717) is 5.69 Å². The highest BCUT2D eigenvalue weighted by Gasteiger charge is 2.15. The predicted octanol–water partition coefficient (Wildman–Crippen LogP) is 0.0908. The number of pyridine rings is 1. The number of rotatable bonds is 3. The van der Waals surface area contributed by atoms with E-state index >= 15 is 0 Å². The zero-order chi connectivity index (χ0) is 13.0. The van der Waals surface area contributed by atoms with Gasteiger partial charge >= 0.3 is 0 Å². The number of nitrogens with zero attached hydrogens (tertiary/aromatic N) is 2. The number of aromatic nitrogens is 1. The highest BCUT2D eigenvalue weighted by molar-refractivity contribution is 5.91. The van der Waals surface area contributed by atoms with Crippen LogP contribution in [0.2, 0.25) is 0 Å². The molecule has 2 rings (SSSR count). The number of amides is 1. The van der Waals surface area contributed by atoms with Crippen molar-refractivity contribution in [2.45, 2.75) is 6.92 Å². The molecule has 6 nitrogen and oxygen atoms in total. The molecule has 1 fully saturated rings. The van der Waals surface area contributed by atoms with Crippen LogP contribution in [0.15, 0.2) is 12.1 Å². The smallest absolute Gasteiger partial charge is 0.293 e. The number of carbonyl (C=O) groups excluding carboxylic acids is 1. The number of hydrogen-bond acceptors (Lipinski definition) is 5. The summed E-state index contributed by atoms with van der Waals surface area (Å²) in [6.45, 7) is 5.80. The Hall–Kier alpha value is -1.66. The molecule has 2 heterocycles. The third-order valence-corrected chi connectivity index (χ3v) is 2.94. The standard InChI is InChI=1S/C12H18N4O2/c1-9-11(16-7-5-13-6-8-16)4-3-10(14-9)12(17)15-18-2/h3-4,13H,5-8H2,1-2H3,(H,15,17). The zero-order valence-corrected chi connectivity index (χ0v) is 10.7. The Morgan fingerprint density at radius 3 is 2.78 bits per heavy atom. The summed E-state index contributed by atoms with van der Waals surface area (Å²) in [6, 6.07) is 3.66. The van der Waals surface area contributed by atoms with Gasteiger partial charge in [-0.2, -0.15) is 0 Å². The van der Waals surface area contributed by atoms with E-state index in [9.17, 15) is 4.79 Å². The van der Waals surface area contributed by atoms with Gasteiger partial charge in [0.1, 0.15) is 5.69 Å². The normalized spacial score (nSPS) is 15.6. The fourth-order valence-electron chi connectivity index (χ4n) is 2.07. The predicted molar refractivity (Wildman–Crippen MR) is 68.5 cm³/mol. The fourth-order valence-corrected chi connectivity index (χ4v) is 2.07. The van der Waals surface area contributed by atoms with Gasteiger partial charge in [0.25, 0.3) is 5.91 Å². The molecule has 98 valence electrons. The highest BCUT2D eigenvalue weighted by Crippen LogP contribution is 2.19. The monoisotopic (exact) mass is 250 g/mol. The summed E-state index contributed by atoms with van der Waals surface area (Å²) in [7, 11) is 1.40.